The Morgan fingerprint density at radius 1 is 1.29 bits per heavy atom. The number of aromatic nitrogens is 1. The van der Waals surface area contributed by atoms with Crippen molar-refractivity contribution in [3.05, 3.63) is 95.9 Å². The van der Waals surface area contributed by atoms with Crippen molar-refractivity contribution in [3.63, 3.8) is 0 Å². The second kappa shape index (κ2) is 11.1. The van der Waals surface area contributed by atoms with Crippen LogP contribution in [0, 0.1) is 24.2 Å². The first-order chi connectivity index (χ1) is 13.6. The topological polar surface area (TPSA) is 12.9 Å². The lowest BCUT2D eigenvalue weighted by molar-refractivity contribution is 0.444. The van der Waals surface area contributed by atoms with E-state index in [2.05, 4.69) is 74.7 Å². The predicted molar refractivity (Wildman–Crippen MR) is 122 cm³/mol. The third-order valence-electron chi connectivity index (χ3n) is 5.45. The van der Waals surface area contributed by atoms with Crippen LogP contribution in [0.2, 0.25) is 0 Å². The van der Waals surface area contributed by atoms with E-state index in [0.717, 1.165) is 30.4 Å². The molecular weight excluding hydrogens is 338 g/mol. The summed E-state index contributed by atoms with van der Waals surface area (Å²) in [6.07, 6.45) is 19.2. The molecule has 1 heterocycles. The fraction of sp³-hybridized carbons (Fsp3) is 0.296. The predicted octanol–water partition coefficient (Wildman–Crippen LogP) is 6.87. The highest BCUT2D eigenvalue weighted by Gasteiger charge is 2.16. The minimum atomic E-state index is 0.442. The van der Waals surface area contributed by atoms with Crippen LogP contribution in [-0.2, 0) is 6.42 Å². The van der Waals surface area contributed by atoms with Crippen LogP contribution in [0.1, 0.15) is 50.3 Å². The van der Waals surface area contributed by atoms with Gasteiger partial charge >= 0.3 is 0 Å². The maximum Gasteiger partial charge on any atom is 0.0299 e. The third kappa shape index (κ3) is 6.10. The molecule has 2 unspecified atom stereocenters. The van der Waals surface area contributed by atoms with Crippen molar-refractivity contribution >= 4 is 5.57 Å². The molecule has 0 bridgehead atoms. The number of aryl methyl sites for hydroxylation is 1. The van der Waals surface area contributed by atoms with Crippen molar-refractivity contribution in [1.29, 1.82) is 0 Å². The lowest BCUT2D eigenvalue weighted by atomic mass is 9.83. The Bertz CT molecular complexity index is 865. The monoisotopic (exact) mass is 369 g/mol. The van der Waals surface area contributed by atoms with Crippen molar-refractivity contribution in [1.82, 2.24) is 4.98 Å². The number of benzene rings is 1. The second-order valence-corrected chi connectivity index (χ2v) is 7.30. The summed E-state index contributed by atoms with van der Waals surface area (Å²) in [5, 5.41) is 0. The summed E-state index contributed by atoms with van der Waals surface area (Å²) in [7, 11) is 0. The highest BCUT2D eigenvalue weighted by Crippen LogP contribution is 2.29. The van der Waals surface area contributed by atoms with E-state index < -0.39 is 0 Å². The largest absolute Gasteiger partial charge is 0.264 e. The Balaban J connectivity index is 2.05. The molecule has 0 aliphatic heterocycles. The zero-order valence-electron chi connectivity index (χ0n) is 17.4. The molecule has 0 aliphatic carbocycles. The number of terminal acetylenes is 1. The van der Waals surface area contributed by atoms with Gasteiger partial charge in [0.15, 0.2) is 0 Å². The Hall–Kier alpha value is -2.85. The van der Waals surface area contributed by atoms with Gasteiger partial charge in [-0.05, 0) is 79.8 Å². The van der Waals surface area contributed by atoms with E-state index in [9.17, 15) is 0 Å². The summed E-state index contributed by atoms with van der Waals surface area (Å²) < 4.78 is 0. The molecule has 2 aromatic rings. The lowest BCUT2D eigenvalue weighted by Crippen LogP contribution is -2.11. The maximum atomic E-state index is 5.56. The third-order valence-corrected chi connectivity index (χ3v) is 5.45. The van der Waals surface area contributed by atoms with Crippen LogP contribution in [0.3, 0.4) is 0 Å². The molecule has 0 saturated heterocycles. The number of hydrogen-bond donors (Lipinski definition) is 0. The first-order valence-electron chi connectivity index (χ1n) is 10.0. The average molecular weight is 370 g/mol. The van der Waals surface area contributed by atoms with Crippen LogP contribution in [0.4, 0.5) is 0 Å². The van der Waals surface area contributed by atoms with E-state index >= 15 is 0 Å². The molecule has 1 nitrogen and oxygen atoms in total. The minimum absolute atomic E-state index is 0.442. The normalized spacial score (nSPS) is 14.2. The Morgan fingerprint density at radius 3 is 2.75 bits per heavy atom. The number of rotatable bonds is 9. The smallest absolute Gasteiger partial charge is 0.0299 e. The van der Waals surface area contributed by atoms with E-state index in [1.54, 1.807) is 0 Å². The van der Waals surface area contributed by atoms with Gasteiger partial charge in [-0.15, -0.1) is 13.0 Å². The number of nitrogens with zero attached hydrogens (tertiary/aromatic N) is 1. The van der Waals surface area contributed by atoms with Gasteiger partial charge < -0.3 is 0 Å². The Morgan fingerprint density at radius 2 is 2.11 bits per heavy atom. The molecular formula is C27H31N. The summed E-state index contributed by atoms with van der Waals surface area (Å²) in [5.74, 6) is 3.62. The van der Waals surface area contributed by atoms with Gasteiger partial charge in [0.1, 0.15) is 0 Å². The first-order valence-corrected chi connectivity index (χ1v) is 10.0. The summed E-state index contributed by atoms with van der Waals surface area (Å²) in [6, 6.07) is 12.3. The van der Waals surface area contributed by atoms with Crippen LogP contribution in [0.25, 0.3) is 5.57 Å². The second-order valence-electron chi connectivity index (χ2n) is 7.30. The molecule has 0 N–H and O–H groups in total. The SMILES string of the molecule is C#Cc1cccc(C(=C/C)/C=C(\C)C(C)C(C=C)CCCc2cccnc2)c1. The van der Waals surface area contributed by atoms with Crippen LogP contribution in [0.15, 0.2) is 79.2 Å². The standard InChI is InChI=1S/C27H31N/c1-6-23-12-9-16-27(19-23)26(8-3)18-21(4)22(5)25(7-2)15-10-13-24-14-11-17-28-20-24/h1,7-9,11-12,14,16-20,22,25H,2,10,13,15H2,3-5H3/b21-18+,26-8+. The van der Waals surface area contributed by atoms with E-state index in [1.807, 2.05) is 30.6 Å². The molecule has 2 rings (SSSR count). The molecule has 0 radical (unpaired) electrons. The van der Waals surface area contributed by atoms with Crippen molar-refractivity contribution < 1.29 is 0 Å². The van der Waals surface area contributed by atoms with Crippen molar-refractivity contribution in [2.24, 2.45) is 11.8 Å². The number of pyridine rings is 1. The lowest BCUT2D eigenvalue weighted by Gasteiger charge is -2.22. The molecule has 1 aromatic heterocycles. The molecule has 0 saturated carbocycles. The summed E-state index contributed by atoms with van der Waals surface area (Å²) in [5.41, 5.74) is 5.95. The molecule has 1 aromatic carbocycles. The molecule has 2 atom stereocenters. The van der Waals surface area contributed by atoms with Gasteiger partial charge in [0.2, 0.25) is 0 Å². The van der Waals surface area contributed by atoms with Crippen molar-refractivity contribution in [2.75, 3.05) is 0 Å². The van der Waals surface area contributed by atoms with Crippen molar-refractivity contribution in [3.8, 4) is 12.3 Å². The van der Waals surface area contributed by atoms with Gasteiger partial charge in [0.05, 0.1) is 0 Å². The van der Waals surface area contributed by atoms with Crippen LogP contribution >= 0.6 is 0 Å². The fourth-order valence-corrected chi connectivity index (χ4v) is 3.50. The number of allylic oxidation sites excluding steroid dienone is 5. The number of hydrogen-bond acceptors (Lipinski definition) is 1. The highest BCUT2D eigenvalue weighted by molar-refractivity contribution is 5.75. The van der Waals surface area contributed by atoms with Gasteiger partial charge in [0, 0.05) is 18.0 Å². The molecule has 28 heavy (non-hydrogen) atoms. The van der Waals surface area contributed by atoms with E-state index in [-0.39, 0.29) is 0 Å². The van der Waals surface area contributed by atoms with E-state index in [4.69, 9.17) is 6.42 Å². The van der Waals surface area contributed by atoms with Crippen molar-refractivity contribution in [2.45, 2.75) is 40.0 Å². The molecule has 0 fully saturated rings. The molecule has 0 spiro atoms. The van der Waals surface area contributed by atoms with Crippen LogP contribution in [-0.4, -0.2) is 4.98 Å². The van der Waals surface area contributed by atoms with E-state index in [1.165, 1.54) is 16.7 Å². The zero-order valence-corrected chi connectivity index (χ0v) is 17.4. The van der Waals surface area contributed by atoms with Gasteiger partial charge in [0.25, 0.3) is 0 Å². The van der Waals surface area contributed by atoms with Gasteiger partial charge in [-0.25, -0.2) is 0 Å². The average Bonchev–Trinajstić information content (AvgIpc) is 2.75. The van der Waals surface area contributed by atoms with Gasteiger partial charge in [-0.1, -0.05) is 54.8 Å². The van der Waals surface area contributed by atoms with Gasteiger partial charge in [-0.2, -0.15) is 0 Å². The molecule has 0 aliphatic rings. The molecule has 0 amide bonds. The fourth-order valence-electron chi connectivity index (χ4n) is 3.50. The van der Waals surface area contributed by atoms with Gasteiger partial charge in [-0.3, -0.25) is 4.98 Å². The summed E-state index contributed by atoms with van der Waals surface area (Å²) in [4.78, 5) is 4.20. The molecule has 144 valence electrons. The van der Waals surface area contributed by atoms with E-state index in [0.29, 0.717) is 11.8 Å². The molecule has 1 heteroatoms. The maximum absolute atomic E-state index is 5.56. The Kier molecular flexibility index (Phi) is 8.50. The zero-order chi connectivity index (χ0) is 20.4. The van der Waals surface area contributed by atoms with Crippen LogP contribution < -0.4 is 0 Å². The summed E-state index contributed by atoms with van der Waals surface area (Å²) in [6.45, 7) is 10.7. The quantitative estimate of drug-likeness (QED) is 0.267. The Labute approximate surface area is 170 Å². The first kappa shape index (κ1) is 21.5. The highest BCUT2D eigenvalue weighted by atomic mass is 14.6. The minimum Gasteiger partial charge on any atom is -0.264 e. The van der Waals surface area contributed by atoms with Crippen LogP contribution in [0.5, 0.6) is 0 Å². The summed E-state index contributed by atoms with van der Waals surface area (Å²) >= 11 is 0.